The Morgan fingerprint density at radius 3 is 2.75 bits per heavy atom. The molecule has 1 aromatic heterocycles. The van der Waals surface area contributed by atoms with Crippen molar-refractivity contribution < 1.29 is 9.66 Å². The maximum Gasteiger partial charge on any atom is 0.354 e. The number of nitrogens with one attached hydrogen (secondary N) is 2. The zero-order valence-electron chi connectivity index (χ0n) is 11.6. The molecular formula is C11H20N6O3. The summed E-state index contributed by atoms with van der Waals surface area (Å²) in [5, 5.41) is 13.9. The fourth-order valence-corrected chi connectivity index (χ4v) is 1.49. The number of hydrogen-bond donors (Lipinski definition) is 3. The van der Waals surface area contributed by atoms with Crippen LogP contribution in [0.25, 0.3) is 0 Å². The number of aromatic nitrogens is 2. The van der Waals surface area contributed by atoms with Gasteiger partial charge in [-0.1, -0.05) is 13.8 Å². The van der Waals surface area contributed by atoms with Gasteiger partial charge in [-0.05, 0) is 12.3 Å². The number of nitrogens with two attached hydrogens (primary N) is 1. The molecule has 0 aliphatic heterocycles. The van der Waals surface area contributed by atoms with E-state index >= 15 is 0 Å². The number of nitro groups is 1. The first-order valence-electron chi connectivity index (χ1n) is 6.33. The van der Waals surface area contributed by atoms with E-state index in [-0.39, 0.29) is 17.3 Å². The van der Waals surface area contributed by atoms with Gasteiger partial charge in [0, 0.05) is 19.8 Å². The number of ether oxygens (including phenoxy) is 1. The first kappa shape index (κ1) is 16.1. The monoisotopic (exact) mass is 284 g/mol. The van der Waals surface area contributed by atoms with Crippen LogP contribution in [0.3, 0.4) is 0 Å². The summed E-state index contributed by atoms with van der Waals surface area (Å²) in [6.45, 7) is 5.95. The van der Waals surface area contributed by atoms with Crippen molar-refractivity contribution in [3.63, 3.8) is 0 Å². The molecule has 0 amide bonds. The van der Waals surface area contributed by atoms with Crippen molar-refractivity contribution in [2.75, 3.05) is 30.5 Å². The Balaban J connectivity index is 2.49. The molecular weight excluding hydrogens is 264 g/mol. The van der Waals surface area contributed by atoms with Crippen LogP contribution in [0, 0.1) is 16.0 Å². The van der Waals surface area contributed by atoms with E-state index in [9.17, 15) is 10.1 Å². The second-order valence-corrected chi connectivity index (χ2v) is 4.57. The van der Waals surface area contributed by atoms with Gasteiger partial charge in [0.05, 0.1) is 4.92 Å². The lowest BCUT2D eigenvalue weighted by molar-refractivity contribution is -0.383. The highest BCUT2D eigenvalue weighted by Gasteiger charge is 2.21. The van der Waals surface area contributed by atoms with Crippen molar-refractivity contribution in [1.29, 1.82) is 0 Å². The van der Waals surface area contributed by atoms with Crippen LogP contribution < -0.4 is 16.6 Å². The second kappa shape index (κ2) is 8.23. The van der Waals surface area contributed by atoms with Crippen LogP contribution in [0.5, 0.6) is 0 Å². The highest BCUT2D eigenvalue weighted by Crippen LogP contribution is 2.27. The minimum absolute atomic E-state index is 0.0245. The average molecular weight is 284 g/mol. The van der Waals surface area contributed by atoms with E-state index in [2.05, 4.69) is 34.6 Å². The molecule has 4 N–H and O–H groups in total. The van der Waals surface area contributed by atoms with Gasteiger partial charge in [0.25, 0.3) is 0 Å². The van der Waals surface area contributed by atoms with Crippen LogP contribution in [-0.2, 0) is 4.74 Å². The Kier molecular flexibility index (Phi) is 6.60. The van der Waals surface area contributed by atoms with Gasteiger partial charge in [0.15, 0.2) is 0 Å². The predicted molar refractivity (Wildman–Crippen MR) is 75.3 cm³/mol. The van der Waals surface area contributed by atoms with E-state index in [4.69, 9.17) is 10.6 Å². The van der Waals surface area contributed by atoms with Crippen molar-refractivity contribution in [2.24, 2.45) is 11.8 Å². The zero-order valence-corrected chi connectivity index (χ0v) is 11.6. The molecule has 0 saturated heterocycles. The van der Waals surface area contributed by atoms with Gasteiger partial charge in [-0.2, -0.15) is 0 Å². The minimum atomic E-state index is -0.577. The van der Waals surface area contributed by atoms with Crippen molar-refractivity contribution in [1.82, 2.24) is 9.97 Å². The highest BCUT2D eigenvalue weighted by molar-refractivity contribution is 5.68. The molecule has 0 saturated carbocycles. The van der Waals surface area contributed by atoms with Gasteiger partial charge in [-0.15, -0.1) is 0 Å². The predicted octanol–water partition coefficient (Wildman–Crippen LogP) is 1.15. The van der Waals surface area contributed by atoms with Crippen molar-refractivity contribution in [3.8, 4) is 0 Å². The van der Waals surface area contributed by atoms with Gasteiger partial charge in [-0.3, -0.25) is 10.1 Å². The Bertz CT molecular complexity index is 440. The SMILES string of the molecule is CC(C)COCCCNc1ncnc(NN)c1[N+](=O)[O-]. The summed E-state index contributed by atoms with van der Waals surface area (Å²) in [5.41, 5.74) is 1.92. The van der Waals surface area contributed by atoms with E-state index in [1.807, 2.05) is 0 Å². The number of rotatable bonds is 9. The van der Waals surface area contributed by atoms with Gasteiger partial charge >= 0.3 is 5.69 Å². The van der Waals surface area contributed by atoms with E-state index < -0.39 is 4.92 Å². The largest absolute Gasteiger partial charge is 0.381 e. The first-order valence-corrected chi connectivity index (χ1v) is 6.33. The van der Waals surface area contributed by atoms with E-state index in [0.717, 1.165) is 6.42 Å². The number of anilines is 2. The molecule has 0 atom stereocenters. The number of hydrazine groups is 1. The maximum absolute atomic E-state index is 11.0. The maximum atomic E-state index is 11.0. The fraction of sp³-hybridized carbons (Fsp3) is 0.636. The van der Waals surface area contributed by atoms with Crippen molar-refractivity contribution in [3.05, 3.63) is 16.4 Å². The third-order valence-electron chi connectivity index (χ3n) is 2.35. The summed E-state index contributed by atoms with van der Waals surface area (Å²) in [6.07, 6.45) is 1.93. The quantitative estimate of drug-likeness (QED) is 0.266. The second-order valence-electron chi connectivity index (χ2n) is 4.57. The Labute approximate surface area is 117 Å². The third kappa shape index (κ3) is 4.94. The number of nitrogen functional groups attached to an aromatic ring is 1. The molecule has 9 nitrogen and oxygen atoms in total. The number of hydrogen-bond acceptors (Lipinski definition) is 8. The van der Waals surface area contributed by atoms with Gasteiger partial charge in [0.2, 0.25) is 11.6 Å². The molecule has 0 bridgehead atoms. The van der Waals surface area contributed by atoms with Crippen LogP contribution >= 0.6 is 0 Å². The highest BCUT2D eigenvalue weighted by atomic mass is 16.6. The molecule has 112 valence electrons. The first-order chi connectivity index (χ1) is 9.56. The average Bonchev–Trinajstić information content (AvgIpc) is 2.41. The number of nitrogens with zero attached hydrogens (tertiary/aromatic N) is 3. The van der Waals surface area contributed by atoms with Crippen LogP contribution in [0.15, 0.2) is 6.33 Å². The van der Waals surface area contributed by atoms with Crippen LogP contribution in [0.2, 0.25) is 0 Å². The standard InChI is InChI=1S/C11H20N6O3/c1-8(2)6-20-5-3-4-13-10-9(17(18)19)11(16-12)15-7-14-10/h7-8H,3-6,12H2,1-2H3,(H2,13,14,15,16). The van der Waals surface area contributed by atoms with E-state index in [1.54, 1.807) is 0 Å². The molecule has 0 aliphatic carbocycles. The Morgan fingerprint density at radius 2 is 2.15 bits per heavy atom. The van der Waals surface area contributed by atoms with E-state index in [1.165, 1.54) is 6.33 Å². The van der Waals surface area contributed by atoms with Gasteiger partial charge in [0.1, 0.15) is 6.33 Å². The van der Waals surface area contributed by atoms with Crippen molar-refractivity contribution in [2.45, 2.75) is 20.3 Å². The molecule has 0 spiro atoms. The molecule has 0 unspecified atom stereocenters. The Morgan fingerprint density at radius 1 is 1.45 bits per heavy atom. The van der Waals surface area contributed by atoms with Gasteiger partial charge in [-0.25, -0.2) is 15.8 Å². The van der Waals surface area contributed by atoms with Crippen LogP contribution in [-0.4, -0.2) is 34.6 Å². The fourth-order valence-electron chi connectivity index (χ4n) is 1.49. The normalized spacial score (nSPS) is 10.6. The molecule has 1 rings (SSSR count). The molecule has 1 heterocycles. The topological polar surface area (TPSA) is 128 Å². The molecule has 1 aromatic rings. The minimum Gasteiger partial charge on any atom is -0.381 e. The lowest BCUT2D eigenvalue weighted by atomic mass is 10.2. The Hall–Kier alpha value is -2.00. The molecule has 0 aliphatic rings. The lowest BCUT2D eigenvalue weighted by Crippen LogP contribution is -2.15. The molecule has 0 aromatic carbocycles. The summed E-state index contributed by atoms with van der Waals surface area (Å²) >= 11 is 0. The summed E-state index contributed by atoms with van der Waals surface area (Å²) in [5.74, 6) is 5.79. The zero-order chi connectivity index (χ0) is 15.0. The molecule has 9 heteroatoms. The third-order valence-corrected chi connectivity index (χ3v) is 2.35. The summed E-state index contributed by atoms with van der Waals surface area (Å²) in [4.78, 5) is 18.0. The van der Waals surface area contributed by atoms with Crippen LogP contribution in [0.1, 0.15) is 20.3 Å². The summed E-state index contributed by atoms with van der Waals surface area (Å²) in [6, 6.07) is 0. The molecule has 0 radical (unpaired) electrons. The summed E-state index contributed by atoms with van der Waals surface area (Å²) in [7, 11) is 0. The van der Waals surface area contributed by atoms with Crippen LogP contribution in [0.4, 0.5) is 17.3 Å². The van der Waals surface area contributed by atoms with E-state index in [0.29, 0.717) is 25.7 Å². The molecule has 20 heavy (non-hydrogen) atoms. The summed E-state index contributed by atoms with van der Waals surface area (Å²) < 4.78 is 5.42. The smallest absolute Gasteiger partial charge is 0.354 e. The van der Waals surface area contributed by atoms with Gasteiger partial charge < -0.3 is 15.5 Å². The lowest BCUT2D eigenvalue weighted by Gasteiger charge is -2.09. The van der Waals surface area contributed by atoms with Crippen molar-refractivity contribution >= 4 is 17.3 Å². The molecule has 0 fully saturated rings.